The Morgan fingerprint density at radius 3 is 2.42 bits per heavy atom. The highest BCUT2D eigenvalue weighted by atomic mass is 19.3. The third-order valence-electron chi connectivity index (χ3n) is 3.04. The smallest absolute Gasteiger partial charge is 0.387 e. The molecule has 0 saturated heterocycles. The van der Waals surface area contributed by atoms with Gasteiger partial charge < -0.3 is 10.1 Å². The van der Waals surface area contributed by atoms with Gasteiger partial charge in [0.05, 0.1) is 0 Å². The SMILES string of the molecule is CCCCCC(C)NCc1ccc(OC(F)F)cc1. The van der Waals surface area contributed by atoms with Gasteiger partial charge in [-0.15, -0.1) is 0 Å². The number of unbranched alkanes of at least 4 members (excludes halogenated alkanes) is 2. The number of halogens is 2. The minimum Gasteiger partial charge on any atom is -0.435 e. The predicted octanol–water partition coefficient (Wildman–Crippen LogP) is 4.35. The van der Waals surface area contributed by atoms with Gasteiger partial charge in [0.25, 0.3) is 0 Å². The molecule has 1 rings (SSSR count). The molecular weight excluding hydrogens is 248 g/mol. The van der Waals surface area contributed by atoms with Gasteiger partial charge in [0, 0.05) is 12.6 Å². The molecule has 2 nitrogen and oxygen atoms in total. The zero-order chi connectivity index (χ0) is 14.1. The van der Waals surface area contributed by atoms with E-state index in [2.05, 4.69) is 23.9 Å². The molecule has 0 aromatic heterocycles. The number of nitrogens with one attached hydrogen (secondary N) is 1. The second kappa shape index (κ2) is 8.86. The first-order chi connectivity index (χ1) is 9.11. The maximum atomic E-state index is 12.0. The number of hydrogen-bond acceptors (Lipinski definition) is 2. The van der Waals surface area contributed by atoms with Crippen molar-refractivity contribution in [2.45, 2.75) is 58.7 Å². The average Bonchev–Trinajstić information content (AvgIpc) is 2.37. The van der Waals surface area contributed by atoms with E-state index in [9.17, 15) is 8.78 Å². The van der Waals surface area contributed by atoms with E-state index in [0.29, 0.717) is 6.04 Å². The largest absolute Gasteiger partial charge is 0.435 e. The lowest BCUT2D eigenvalue weighted by Crippen LogP contribution is -2.25. The van der Waals surface area contributed by atoms with Gasteiger partial charge in [-0.1, -0.05) is 38.3 Å². The second-order valence-corrected chi connectivity index (χ2v) is 4.80. The third-order valence-corrected chi connectivity index (χ3v) is 3.04. The Labute approximate surface area is 114 Å². The van der Waals surface area contributed by atoms with Crippen molar-refractivity contribution in [2.75, 3.05) is 0 Å². The number of benzene rings is 1. The summed E-state index contributed by atoms with van der Waals surface area (Å²) in [7, 11) is 0. The molecule has 0 aliphatic rings. The molecule has 1 unspecified atom stereocenters. The summed E-state index contributed by atoms with van der Waals surface area (Å²) >= 11 is 0. The monoisotopic (exact) mass is 271 g/mol. The fourth-order valence-corrected chi connectivity index (χ4v) is 1.88. The fourth-order valence-electron chi connectivity index (χ4n) is 1.88. The van der Waals surface area contributed by atoms with Crippen molar-refractivity contribution in [3.8, 4) is 5.75 Å². The normalized spacial score (nSPS) is 12.7. The summed E-state index contributed by atoms with van der Waals surface area (Å²) in [5.41, 5.74) is 1.07. The Bertz CT molecular complexity index is 341. The molecule has 4 heteroatoms. The molecule has 1 atom stereocenters. The van der Waals surface area contributed by atoms with Gasteiger partial charge >= 0.3 is 6.61 Å². The van der Waals surface area contributed by atoms with Gasteiger partial charge in [0.2, 0.25) is 0 Å². The quantitative estimate of drug-likeness (QED) is 0.674. The molecule has 0 aliphatic heterocycles. The van der Waals surface area contributed by atoms with Gasteiger partial charge in [0.15, 0.2) is 0 Å². The summed E-state index contributed by atoms with van der Waals surface area (Å²) in [5.74, 6) is 0.203. The zero-order valence-corrected chi connectivity index (χ0v) is 11.7. The first-order valence-corrected chi connectivity index (χ1v) is 6.89. The Morgan fingerprint density at radius 2 is 1.84 bits per heavy atom. The molecule has 1 N–H and O–H groups in total. The number of alkyl halides is 2. The van der Waals surface area contributed by atoms with Crippen LogP contribution in [0.25, 0.3) is 0 Å². The van der Waals surface area contributed by atoms with Crippen molar-refractivity contribution in [1.29, 1.82) is 0 Å². The number of hydrogen-bond donors (Lipinski definition) is 1. The van der Waals surface area contributed by atoms with Crippen molar-refractivity contribution in [2.24, 2.45) is 0 Å². The van der Waals surface area contributed by atoms with Gasteiger partial charge in [-0.05, 0) is 31.0 Å². The predicted molar refractivity (Wildman–Crippen MR) is 73.5 cm³/mol. The topological polar surface area (TPSA) is 21.3 Å². The average molecular weight is 271 g/mol. The Balaban J connectivity index is 2.29. The van der Waals surface area contributed by atoms with Crippen LogP contribution in [0.5, 0.6) is 5.75 Å². The Morgan fingerprint density at radius 1 is 1.16 bits per heavy atom. The first-order valence-electron chi connectivity index (χ1n) is 6.89. The first kappa shape index (κ1) is 15.9. The van der Waals surface area contributed by atoms with Crippen LogP contribution < -0.4 is 10.1 Å². The molecule has 0 heterocycles. The van der Waals surface area contributed by atoms with Crippen LogP contribution in [0.4, 0.5) is 8.78 Å². The maximum absolute atomic E-state index is 12.0. The maximum Gasteiger partial charge on any atom is 0.387 e. The van der Waals surface area contributed by atoms with Crippen LogP contribution in [0.3, 0.4) is 0 Å². The van der Waals surface area contributed by atoms with Crippen LogP contribution in [0.1, 0.15) is 45.1 Å². The van der Waals surface area contributed by atoms with E-state index in [4.69, 9.17) is 0 Å². The van der Waals surface area contributed by atoms with Gasteiger partial charge in [-0.3, -0.25) is 0 Å². The number of rotatable bonds is 9. The third kappa shape index (κ3) is 7.11. The Kier molecular flexibility index (Phi) is 7.41. The van der Waals surface area contributed by atoms with Gasteiger partial charge in [-0.2, -0.15) is 8.78 Å². The standard InChI is InChI=1S/C15H23F2NO/c1-3-4-5-6-12(2)18-11-13-7-9-14(10-8-13)19-15(16)17/h7-10,12,15,18H,3-6,11H2,1-2H3. The van der Waals surface area contributed by atoms with Gasteiger partial charge in [0.1, 0.15) is 5.75 Å². The zero-order valence-electron chi connectivity index (χ0n) is 11.7. The summed E-state index contributed by atoms with van der Waals surface area (Å²) < 4.78 is 28.3. The molecule has 0 fully saturated rings. The summed E-state index contributed by atoms with van der Waals surface area (Å²) in [5, 5.41) is 3.43. The van der Waals surface area contributed by atoms with E-state index >= 15 is 0 Å². The molecule has 0 aliphatic carbocycles. The summed E-state index contributed by atoms with van der Waals surface area (Å²) in [6.07, 6.45) is 4.91. The van der Waals surface area contributed by atoms with Crippen molar-refractivity contribution in [3.05, 3.63) is 29.8 Å². The van der Waals surface area contributed by atoms with Crippen molar-refractivity contribution in [3.63, 3.8) is 0 Å². The summed E-state index contributed by atoms with van der Waals surface area (Å²) in [6, 6.07) is 7.24. The van der Waals surface area contributed by atoms with E-state index in [1.807, 2.05) is 12.1 Å². The summed E-state index contributed by atoms with van der Waals surface area (Å²) in [6.45, 7) is 2.36. The number of ether oxygens (including phenoxy) is 1. The van der Waals surface area contributed by atoms with Crippen molar-refractivity contribution in [1.82, 2.24) is 5.32 Å². The molecule has 0 bridgehead atoms. The molecule has 0 radical (unpaired) electrons. The van der Waals surface area contributed by atoms with Crippen LogP contribution in [0.2, 0.25) is 0 Å². The van der Waals surface area contributed by atoms with Crippen LogP contribution in [0, 0.1) is 0 Å². The van der Waals surface area contributed by atoms with Crippen LogP contribution >= 0.6 is 0 Å². The van der Waals surface area contributed by atoms with E-state index in [0.717, 1.165) is 12.1 Å². The van der Waals surface area contributed by atoms with Crippen LogP contribution in [0.15, 0.2) is 24.3 Å². The Hall–Kier alpha value is -1.16. The molecule has 0 spiro atoms. The lowest BCUT2D eigenvalue weighted by molar-refractivity contribution is -0.0498. The molecule has 1 aromatic carbocycles. The van der Waals surface area contributed by atoms with E-state index in [1.54, 1.807) is 12.1 Å². The van der Waals surface area contributed by atoms with E-state index < -0.39 is 6.61 Å². The minimum absolute atomic E-state index is 0.203. The lowest BCUT2D eigenvalue weighted by Gasteiger charge is -2.13. The molecule has 1 aromatic rings. The van der Waals surface area contributed by atoms with Gasteiger partial charge in [-0.25, -0.2) is 0 Å². The summed E-state index contributed by atoms with van der Waals surface area (Å²) in [4.78, 5) is 0. The van der Waals surface area contributed by atoms with E-state index in [-0.39, 0.29) is 5.75 Å². The highest BCUT2D eigenvalue weighted by Gasteiger charge is 2.04. The lowest BCUT2D eigenvalue weighted by atomic mass is 10.1. The fraction of sp³-hybridized carbons (Fsp3) is 0.600. The molecule has 19 heavy (non-hydrogen) atoms. The molecular formula is C15H23F2NO. The molecule has 0 amide bonds. The highest BCUT2D eigenvalue weighted by Crippen LogP contribution is 2.15. The van der Waals surface area contributed by atoms with E-state index in [1.165, 1.54) is 25.7 Å². The second-order valence-electron chi connectivity index (χ2n) is 4.80. The molecule has 0 saturated carbocycles. The van der Waals surface area contributed by atoms with Crippen LogP contribution in [-0.2, 0) is 6.54 Å². The van der Waals surface area contributed by atoms with Crippen molar-refractivity contribution >= 4 is 0 Å². The van der Waals surface area contributed by atoms with Crippen molar-refractivity contribution < 1.29 is 13.5 Å². The highest BCUT2D eigenvalue weighted by molar-refractivity contribution is 5.27. The molecule has 108 valence electrons. The minimum atomic E-state index is -2.76. The van der Waals surface area contributed by atoms with Crippen LogP contribution in [-0.4, -0.2) is 12.7 Å².